The number of anilines is 1. The van der Waals surface area contributed by atoms with Crippen molar-refractivity contribution in [1.29, 1.82) is 0 Å². The fraction of sp³-hybridized carbons (Fsp3) is 0.105. The number of benzene rings is 2. The molecule has 132 valence electrons. The number of aryl methyl sites for hydroxylation is 1. The summed E-state index contributed by atoms with van der Waals surface area (Å²) >= 11 is 2.75. The lowest BCUT2D eigenvalue weighted by Crippen LogP contribution is -2.21. The van der Waals surface area contributed by atoms with Crippen molar-refractivity contribution in [1.82, 2.24) is 4.98 Å². The molecule has 0 aliphatic heterocycles. The van der Waals surface area contributed by atoms with Gasteiger partial charge in [-0.1, -0.05) is 42.1 Å². The monoisotopic (exact) mass is 384 g/mol. The number of esters is 1. The molecule has 1 aromatic heterocycles. The van der Waals surface area contributed by atoms with Crippen LogP contribution < -0.4 is 5.32 Å². The molecule has 2 aromatic carbocycles. The molecule has 0 spiro atoms. The molecular formula is C19H16N2O3S2. The number of aromatic nitrogens is 1. The fourth-order valence-electron chi connectivity index (χ4n) is 2.16. The lowest BCUT2D eigenvalue weighted by atomic mass is 10.3. The predicted octanol–water partition coefficient (Wildman–Crippen LogP) is 4.40. The van der Waals surface area contributed by atoms with Gasteiger partial charge in [0.2, 0.25) is 0 Å². The molecule has 3 aromatic rings. The fourth-order valence-corrected chi connectivity index (χ4v) is 3.77. The Kier molecular flexibility index (Phi) is 6.04. The smallest absolute Gasteiger partial charge is 0.350 e. The number of carbonyl (C=O) groups is 2. The van der Waals surface area contributed by atoms with Gasteiger partial charge in [0.25, 0.3) is 5.91 Å². The Morgan fingerprint density at radius 3 is 2.58 bits per heavy atom. The quantitative estimate of drug-likeness (QED) is 0.638. The van der Waals surface area contributed by atoms with Gasteiger partial charge in [-0.15, -0.1) is 11.3 Å². The van der Waals surface area contributed by atoms with Gasteiger partial charge in [-0.05, 0) is 31.2 Å². The van der Waals surface area contributed by atoms with Gasteiger partial charge in [0.05, 0.1) is 16.9 Å². The third-order valence-corrected chi connectivity index (χ3v) is 5.39. The minimum Gasteiger partial charge on any atom is -0.451 e. The van der Waals surface area contributed by atoms with Crippen LogP contribution in [0.5, 0.6) is 0 Å². The highest BCUT2D eigenvalue weighted by Crippen LogP contribution is 2.33. The van der Waals surface area contributed by atoms with Crippen LogP contribution in [0.1, 0.15) is 15.4 Å². The van der Waals surface area contributed by atoms with Crippen molar-refractivity contribution < 1.29 is 14.3 Å². The molecule has 0 radical (unpaired) electrons. The predicted molar refractivity (Wildman–Crippen MR) is 103 cm³/mol. The molecule has 1 N–H and O–H groups in total. The highest BCUT2D eigenvalue weighted by Gasteiger charge is 2.15. The van der Waals surface area contributed by atoms with E-state index in [2.05, 4.69) is 10.3 Å². The van der Waals surface area contributed by atoms with Gasteiger partial charge in [0, 0.05) is 9.79 Å². The van der Waals surface area contributed by atoms with Gasteiger partial charge in [0.15, 0.2) is 6.61 Å². The van der Waals surface area contributed by atoms with Crippen molar-refractivity contribution in [3.8, 4) is 0 Å². The summed E-state index contributed by atoms with van der Waals surface area (Å²) in [6.07, 6.45) is 0. The summed E-state index contributed by atoms with van der Waals surface area (Å²) < 4.78 is 5.07. The molecule has 26 heavy (non-hydrogen) atoms. The number of rotatable bonds is 6. The molecular weight excluding hydrogens is 368 g/mol. The van der Waals surface area contributed by atoms with Crippen LogP contribution in [0, 0.1) is 6.92 Å². The second-order valence-electron chi connectivity index (χ2n) is 5.30. The van der Waals surface area contributed by atoms with Crippen molar-refractivity contribution in [3.63, 3.8) is 0 Å². The van der Waals surface area contributed by atoms with Gasteiger partial charge in [-0.3, -0.25) is 4.79 Å². The van der Waals surface area contributed by atoms with Gasteiger partial charge in [-0.25, -0.2) is 9.78 Å². The number of nitrogens with one attached hydrogen (secondary N) is 1. The highest BCUT2D eigenvalue weighted by atomic mass is 32.2. The summed E-state index contributed by atoms with van der Waals surface area (Å²) in [7, 11) is 0. The zero-order valence-electron chi connectivity index (χ0n) is 14.0. The Bertz CT molecular complexity index is 910. The molecule has 0 bridgehead atoms. The van der Waals surface area contributed by atoms with Crippen molar-refractivity contribution in [2.24, 2.45) is 0 Å². The molecule has 3 rings (SSSR count). The third kappa shape index (κ3) is 4.71. The molecule has 5 nitrogen and oxygen atoms in total. The maximum atomic E-state index is 12.2. The number of thiazole rings is 1. The van der Waals surface area contributed by atoms with Gasteiger partial charge < -0.3 is 10.1 Å². The van der Waals surface area contributed by atoms with E-state index >= 15 is 0 Å². The second-order valence-corrected chi connectivity index (χ2v) is 7.27. The van der Waals surface area contributed by atoms with E-state index in [1.807, 2.05) is 54.6 Å². The average molecular weight is 384 g/mol. The number of amides is 1. The van der Waals surface area contributed by atoms with E-state index < -0.39 is 5.97 Å². The van der Waals surface area contributed by atoms with Crippen LogP contribution in [0.3, 0.4) is 0 Å². The molecule has 7 heteroatoms. The van der Waals surface area contributed by atoms with Crippen molar-refractivity contribution in [2.45, 2.75) is 16.7 Å². The summed E-state index contributed by atoms with van der Waals surface area (Å²) in [6, 6.07) is 17.4. The van der Waals surface area contributed by atoms with Crippen molar-refractivity contribution in [3.05, 3.63) is 70.7 Å². The van der Waals surface area contributed by atoms with Crippen LogP contribution in [0.2, 0.25) is 0 Å². The molecule has 0 saturated carbocycles. The zero-order chi connectivity index (χ0) is 18.4. The van der Waals surface area contributed by atoms with Crippen LogP contribution >= 0.6 is 23.1 Å². The number of carbonyl (C=O) groups excluding carboxylic acids is 2. The van der Waals surface area contributed by atoms with E-state index in [1.165, 1.54) is 11.3 Å². The Morgan fingerprint density at radius 2 is 1.85 bits per heavy atom. The minimum absolute atomic E-state index is 0.347. The van der Waals surface area contributed by atoms with Crippen LogP contribution in [0.4, 0.5) is 5.69 Å². The summed E-state index contributed by atoms with van der Waals surface area (Å²) in [5.74, 6) is -0.922. The molecule has 0 fully saturated rings. The van der Waals surface area contributed by atoms with E-state index in [1.54, 1.807) is 24.2 Å². The number of hydrogen-bond donors (Lipinski definition) is 1. The molecule has 0 unspecified atom stereocenters. The number of hydrogen-bond acceptors (Lipinski definition) is 6. The van der Waals surface area contributed by atoms with E-state index in [-0.39, 0.29) is 12.5 Å². The second kappa shape index (κ2) is 8.64. The molecule has 0 aliphatic carbocycles. The summed E-state index contributed by atoms with van der Waals surface area (Å²) in [6.45, 7) is 1.38. The van der Waals surface area contributed by atoms with Crippen LogP contribution in [-0.2, 0) is 9.53 Å². The maximum absolute atomic E-state index is 12.2. The summed E-state index contributed by atoms with van der Waals surface area (Å²) in [5.41, 5.74) is 2.85. The van der Waals surface area contributed by atoms with Gasteiger partial charge >= 0.3 is 5.97 Å². The lowest BCUT2D eigenvalue weighted by Gasteiger charge is -2.11. The molecule has 1 amide bonds. The van der Waals surface area contributed by atoms with E-state index in [4.69, 9.17) is 4.74 Å². The molecule has 0 aliphatic rings. The first-order valence-electron chi connectivity index (χ1n) is 7.82. The average Bonchev–Trinajstić information content (AvgIpc) is 3.08. The molecule has 0 saturated heterocycles. The minimum atomic E-state index is -0.535. The van der Waals surface area contributed by atoms with E-state index in [0.717, 1.165) is 9.79 Å². The third-order valence-electron chi connectivity index (χ3n) is 3.40. The Labute approximate surface area is 159 Å². The van der Waals surface area contributed by atoms with Crippen molar-refractivity contribution in [2.75, 3.05) is 11.9 Å². The Balaban J connectivity index is 1.61. The summed E-state index contributed by atoms with van der Waals surface area (Å²) in [4.78, 5) is 30.5. The first kappa shape index (κ1) is 18.2. The van der Waals surface area contributed by atoms with Crippen LogP contribution in [-0.4, -0.2) is 23.5 Å². The first-order chi connectivity index (χ1) is 12.6. The lowest BCUT2D eigenvalue weighted by molar-refractivity contribution is -0.119. The molecule has 0 atom stereocenters. The van der Waals surface area contributed by atoms with Gasteiger partial charge in [-0.2, -0.15) is 0 Å². The maximum Gasteiger partial charge on any atom is 0.350 e. The highest BCUT2D eigenvalue weighted by molar-refractivity contribution is 7.99. The van der Waals surface area contributed by atoms with Crippen LogP contribution in [0.15, 0.2) is 69.9 Å². The Morgan fingerprint density at radius 1 is 1.12 bits per heavy atom. The first-order valence-corrected chi connectivity index (χ1v) is 9.52. The number of para-hydroxylation sites is 1. The largest absolute Gasteiger partial charge is 0.451 e. The topological polar surface area (TPSA) is 68.3 Å². The molecule has 1 heterocycles. The van der Waals surface area contributed by atoms with Gasteiger partial charge in [0.1, 0.15) is 4.88 Å². The van der Waals surface area contributed by atoms with Crippen molar-refractivity contribution >= 4 is 40.7 Å². The standard InChI is InChI=1S/C19H16N2O3S2/c1-13-18(25-12-20-13)19(23)24-11-17(22)21-15-9-5-6-10-16(15)26-14-7-3-2-4-8-14/h2-10,12H,11H2,1H3,(H,21,22). The van der Waals surface area contributed by atoms with E-state index in [0.29, 0.717) is 16.3 Å². The summed E-state index contributed by atoms with van der Waals surface area (Å²) in [5, 5.41) is 2.80. The SMILES string of the molecule is Cc1ncsc1C(=O)OCC(=O)Nc1ccccc1Sc1ccccc1. The Hall–Kier alpha value is -2.64. The zero-order valence-corrected chi connectivity index (χ0v) is 15.6. The normalized spacial score (nSPS) is 10.3. The van der Waals surface area contributed by atoms with E-state index in [9.17, 15) is 9.59 Å². The number of nitrogens with zero attached hydrogens (tertiary/aromatic N) is 1. The van der Waals surface area contributed by atoms with Crippen LogP contribution in [0.25, 0.3) is 0 Å². The number of ether oxygens (including phenoxy) is 1.